The minimum absolute atomic E-state index is 0. The second kappa shape index (κ2) is 14.0. The number of nitrogens with zero attached hydrogens (tertiary/aromatic N) is 6. The highest BCUT2D eigenvalue weighted by molar-refractivity contribution is 9.10. The molecule has 0 aliphatic rings. The van der Waals surface area contributed by atoms with E-state index in [1.165, 1.54) is 28.6 Å². The van der Waals surface area contributed by atoms with Crippen LogP contribution in [0.15, 0.2) is 76.1 Å². The summed E-state index contributed by atoms with van der Waals surface area (Å²) in [7, 11) is -0.797. The van der Waals surface area contributed by atoms with Crippen LogP contribution in [0.1, 0.15) is 23.0 Å². The molecule has 3 aromatic carbocycles. The number of nitrogens with two attached hydrogens (primary N) is 1. The Morgan fingerprint density at radius 1 is 1.06 bits per heavy atom. The fourth-order valence-electron chi connectivity index (χ4n) is 5.56. The third-order valence-corrected chi connectivity index (χ3v) is 9.54. The maximum absolute atomic E-state index is 14.3. The van der Waals surface area contributed by atoms with Crippen molar-refractivity contribution in [1.29, 1.82) is 0 Å². The summed E-state index contributed by atoms with van der Waals surface area (Å²) in [6, 6.07) is 13.6. The first-order chi connectivity index (χ1) is 22.7. The monoisotopic (exact) mass is 793 g/mol. The second-order valence-electron chi connectivity index (χ2n) is 11.1. The number of benzene rings is 3. The Labute approximate surface area is 298 Å². The summed E-state index contributed by atoms with van der Waals surface area (Å²) in [5, 5.41) is 5.16. The topological polar surface area (TPSA) is 138 Å². The minimum Gasteiger partial charge on any atom is -0.497 e. The molecular formula is C32H28BrCl2F2N7O4S. The number of hydrogen-bond acceptors (Lipinski definition) is 8. The van der Waals surface area contributed by atoms with Crippen LogP contribution in [0.25, 0.3) is 27.6 Å². The molecule has 0 aliphatic carbocycles. The zero-order valence-corrected chi connectivity index (χ0v) is 30.0. The number of anilines is 1. The summed E-state index contributed by atoms with van der Waals surface area (Å²) in [6.45, 7) is -0.0764. The molecular weight excluding hydrogens is 767 g/mol. The summed E-state index contributed by atoms with van der Waals surface area (Å²) in [5.41, 5.74) is 7.64. The molecule has 6 aromatic rings. The Balaban J connectivity index is 0.00000468. The molecule has 11 nitrogen and oxygen atoms in total. The molecule has 6 rings (SSSR count). The van der Waals surface area contributed by atoms with Gasteiger partial charge in [-0.15, -0.1) is 12.4 Å². The molecule has 3 heterocycles. The van der Waals surface area contributed by atoms with Crippen molar-refractivity contribution in [3.8, 4) is 11.4 Å². The van der Waals surface area contributed by atoms with E-state index in [0.717, 1.165) is 28.8 Å². The number of halogens is 5. The average Bonchev–Trinajstić information content (AvgIpc) is 3.37. The third-order valence-electron chi connectivity index (χ3n) is 7.69. The van der Waals surface area contributed by atoms with Gasteiger partial charge in [0.05, 0.1) is 53.0 Å². The van der Waals surface area contributed by atoms with Crippen LogP contribution in [0, 0.1) is 11.6 Å². The predicted octanol–water partition coefficient (Wildman–Crippen LogP) is 6.00. The lowest BCUT2D eigenvalue weighted by molar-refractivity contribution is 0.414. The summed E-state index contributed by atoms with van der Waals surface area (Å²) in [4.78, 5) is 23.2. The lowest BCUT2D eigenvalue weighted by atomic mass is 10.0. The summed E-state index contributed by atoms with van der Waals surface area (Å²) in [6.07, 6.45) is 2.46. The van der Waals surface area contributed by atoms with Crippen molar-refractivity contribution < 1.29 is 21.9 Å². The van der Waals surface area contributed by atoms with Gasteiger partial charge < -0.3 is 10.5 Å². The van der Waals surface area contributed by atoms with Gasteiger partial charge in [0, 0.05) is 23.8 Å². The lowest BCUT2D eigenvalue weighted by Gasteiger charge is -2.21. The number of pyridine rings is 1. The Morgan fingerprint density at radius 2 is 1.73 bits per heavy atom. The molecule has 0 saturated carbocycles. The van der Waals surface area contributed by atoms with Gasteiger partial charge in [0.1, 0.15) is 23.2 Å². The van der Waals surface area contributed by atoms with Crippen LogP contribution in [0.4, 0.5) is 14.6 Å². The van der Waals surface area contributed by atoms with Crippen LogP contribution in [0.3, 0.4) is 0 Å². The van der Waals surface area contributed by atoms with Crippen molar-refractivity contribution in [2.24, 2.45) is 12.8 Å². The highest BCUT2D eigenvalue weighted by Crippen LogP contribution is 2.38. The molecule has 1 atom stereocenters. The molecule has 2 N–H and O–H groups in total. The Kier molecular flexibility index (Phi) is 10.3. The average molecular weight is 795 g/mol. The van der Waals surface area contributed by atoms with Crippen molar-refractivity contribution in [2.75, 3.05) is 17.7 Å². The van der Waals surface area contributed by atoms with Crippen LogP contribution >= 0.6 is 39.9 Å². The van der Waals surface area contributed by atoms with Gasteiger partial charge in [-0.1, -0.05) is 23.7 Å². The summed E-state index contributed by atoms with van der Waals surface area (Å²) in [5.74, 6) is -0.880. The fraction of sp³-hybridized carbons (Fsp3) is 0.188. The highest BCUT2D eigenvalue weighted by Gasteiger charge is 2.29. The van der Waals surface area contributed by atoms with Crippen molar-refractivity contribution in [1.82, 2.24) is 24.3 Å². The maximum atomic E-state index is 14.3. The van der Waals surface area contributed by atoms with Gasteiger partial charge in [-0.3, -0.25) is 14.0 Å². The standard InChI is InChI=1S/C32H27BrClF2N7O4S.ClH/c1-41-28-26(9-8-24(34)27(28)31(40-41)42(48(3,45)46)16-17-4-6-22(47-2)7-5-17)43-30(25(37)12-18-10-20(35)14-21(36)11-18)39-29-23(32(43)44)13-19(33)15-38-29;/h4-11,13-15,25H,12,16,37H2,1-3H3;1H/t25-;/m0./s1. The van der Waals surface area contributed by atoms with Gasteiger partial charge in [0.15, 0.2) is 11.5 Å². The Bertz CT molecular complexity index is 2370. The second-order valence-corrected chi connectivity index (χ2v) is 14.3. The van der Waals surface area contributed by atoms with E-state index < -0.39 is 33.3 Å². The van der Waals surface area contributed by atoms with Crippen molar-refractivity contribution in [2.45, 2.75) is 19.0 Å². The number of hydrogen-bond donors (Lipinski definition) is 1. The number of fused-ring (bicyclic) bond motifs is 2. The normalized spacial score (nSPS) is 12.2. The SMILES string of the molecule is COc1ccc(CN(c2nn(C)c3c(-n4c([C@@H](N)Cc5cc(F)cc(F)c5)nc5ncc(Br)cc5c4=O)ccc(Cl)c23)S(C)(=O)=O)cc1.Cl. The van der Waals surface area contributed by atoms with E-state index in [1.807, 2.05) is 0 Å². The Hall–Kier alpha value is -4.15. The first-order valence-corrected chi connectivity index (χ1v) is 17.3. The lowest BCUT2D eigenvalue weighted by Crippen LogP contribution is -2.30. The van der Waals surface area contributed by atoms with E-state index in [4.69, 9.17) is 22.1 Å². The van der Waals surface area contributed by atoms with E-state index in [-0.39, 0.29) is 69.7 Å². The highest BCUT2D eigenvalue weighted by atomic mass is 79.9. The zero-order valence-electron chi connectivity index (χ0n) is 26.1. The number of aryl methyl sites for hydroxylation is 1. The van der Waals surface area contributed by atoms with Crippen LogP contribution in [0.2, 0.25) is 5.02 Å². The first-order valence-electron chi connectivity index (χ1n) is 14.3. The molecule has 49 heavy (non-hydrogen) atoms. The Morgan fingerprint density at radius 3 is 2.37 bits per heavy atom. The minimum atomic E-state index is -3.92. The molecule has 0 unspecified atom stereocenters. The van der Waals surface area contributed by atoms with Crippen molar-refractivity contribution >= 4 is 77.7 Å². The predicted molar refractivity (Wildman–Crippen MR) is 190 cm³/mol. The maximum Gasteiger partial charge on any atom is 0.267 e. The van der Waals surface area contributed by atoms with Gasteiger partial charge in [0.25, 0.3) is 5.56 Å². The number of ether oxygens (including phenoxy) is 1. The van der Waals surface area contributed by atoms with E-state index in [0.29, 0.717) is 21.3 Å². The van der Waals surface area contributed by atoms with Crippen LogP contribution < -0.4 is 20.3 Å². The molecule has 17 heteroatoms. The van der Waals surface area contributed by atoms with Crippen molar-refractivity contribution in [3.05, 3.63) is 115 Å². The van der Waals surface area contributed by atoms with Crippen LogP contribution in [0.5, 0.6) is 5.75 Å². The zero-order chi connectivity index (χ0) is 34.5. The number of sulfonamides is 1. The molecule has 0 fully saturated rings. The summed E-state index contributed by atoms with van der Waals surface area (Å²) >= 11 is 10.1. The van der Waals surface area contributed by atoms with Crippen LogP contribution in [-0.2, 0) is 30.0 Å². The summed E-state index contributed by atoms with van der Waals surface area (Å²) < 4.78 is 64.2. The smallest absolute Gasteiger partial charge is 0.267 e. The first kappa shape index (κ1) is 36.1. The van der Waals surface area contributed by atoms with Gasteiger partial charge in [-0.2, -0.15) is 5.10 Å². The number of rotatable bonds is 9. The fourth-order valence-corrected chi connectivity index (χ4v) is 6.95. The molecule has 0 saturated heterocycles. The van der Waals surface area contributed by atoms with E-state index in [1.54, 1.807) is 43.4 Å². The van der Waals surface area contributed by atoms with E-state index in [2.05, 4.69) is 31.0 Å². The van der Waals surface area contributed by atoms with Gasteiger partial charge >= 0.3 is 0 Å². The van der Waals surface area contributed by atoms with Gasteiger partial charge in [-0.05, 0) is 75.9 Å². The number of aromatic nitrogens is 5. The quantitative estimate of drug-likeness (QED) is 0.188. The largest absolute Gasteiger partial charge is 0.497 e. The molecule has 3 aromatic heterocycles. The van der Waals surface area contributed by atoms with Gasteiger partial charge in [0.2, 0.25) is 10.0 Å². The molecule has 0 bridgehead atoms. The molecule has 0 aliphatic heterocycles. The molecule has 256 valence electrons. The van der Waals surface area contributed by atoms with E-state index >= 15 is 0 Å². The number of methoxy groups -OCH3 is 1. The molecule has 0 amide bonds. The van der Waals surface area contributed by atoms with Crippen LogP contribution in [-0.4, -0.2) is 46.1 Å². The van der Waals surface area contributed by atoms with Crippen molar-refractivity contribution in [3.63, 3.8) is 0 Å². The third kappa shape index (κ3) is 7.12. The molecule has 0 spiro atoms. The van der Waals surface area contributed by atoms with Gasteiger partial charge in [-0.25, -0.2) is 31.5 Å². The molecule has 0 radical (unpaired) electrons. The van der Waals surface area contributed by atoms with E-state index in [9.17, 15) is 22.0 Å².